The molecule has 0 radical (unpaired) electrons. The second-order valence-corrected chi connectivity index (χ2v) is 9.59. The first-order valence-corrected chi connectivity index (χ1v) is 12.9. The molecule has 6 aromatic rings. The molecule has 0 unspecified atom stereocenters. The van der Waals surface area contributed by atoms with E-state index >= 15 is 0 Å². The van der Waals surface area contributed by atoms with Gasteiger partial charge in [-0.15, -0.1) is 0 Å². The van der Waals surface area contributed by atoms with Gasteiger partial charge in [0.15, 0.2) is 0 Å². The number of nitrogens with two attached hydrogens (primary N) is 1. The van der Waals surface area contributed by atoms with Crippen molar-refractivity contribution in [2.75, 3.05) is 11.1 Å². The van der Waals surface area contributed by atoms with Crippen LogP contribution in [0.15, 0.2) is 91.4 Å². The lowest BCUT2D eigenvalue weighted by molar-refractivity contribution is -0.384. The molecule has 0 aliphatic heterocycles. The zero-order chi connectivity index (χ0) is 28.5. The summed E-state index contributed by atoms with van der Waals surface area (Å²) >= 11 is 0. The summed E-state index contributed by atoms with van der Waals surface area (Å²) in [7, 11) is 0. The van der Waals surface area contributed by atoms with Gasteiger partial charge < -0.3 is 11.1 Å². The fourth-order valence-electron chi connectivity index (χ4n) is 4.69. The fraction of sp³-hybridized carbons (Fsp3) is 0.100. The highest BCUT2D eigenvalue weighted by molar-refractivity contribution is 5.83. The summed E-state index contributed by atoms with van der Waals surface area (Å²) in [5.41, 5.74) is 12.5. The molecule has 0 aliphatic carbocycles. The van der Waals surface area contributed by atoms with Crippen LogP contribution in [0.3, 0.4) is 0 Å². The molecule has 0 aliphatic rings. The summed E-state index contributed by atoms with van der Waals surface area (Å²) in [6.07, 6.45) is 3.35. The summed E-state index contributed by atoms with van der Waals surface area (Å²) in [5.74, 6) is 1.21. The predicted molar refractivity (Wildman–Crippen MR) is 157 cm³/mol. The van der Waals surface area contributed by atoms with Gasteiger partial charge in [0.05, 0.1) is 33.4 Å². The molecule has 3 aromatic heterocycles. The molecule has 11 heteroatoms. The SMILES string of the molecule is Cc1ccccc1-c1cc(-n2cnc3cc(-c4ccnc(N)n4)ccc32)nc(N[C@@H](C)c2cccc([N+](=O)[O-])c2)n1. The van der Waals surface area contributed by atoms with Crippen LogP contribution in [0.4, 0.5) is 17.6 Å². The molecule has 0 spiro atoms. The van der Waals surface area contributed by atoms with Gasteiger partial charge in [-0.1, -0.05) is 42.5 Å². The maximum Gasteiger partial charge on any atom is 0.269 e. The van der Waals surface area contributed by atoms with Gasteiger partial charge in [0.1, 0.15) is 12.1 Å². The van der Waals surface area contributed by atoms with Crippen LogP contribution < -0.4 is 11.1 Å². The van der Waals surface area contributed by atoms with Crippen LogP contribution in [0, 0.1) is 17.0 Å². The smallest absolute Gasteiger partial charge is 0.269 e. The molecular weight excluding hydrogens is 518 g/mol. The molecule has 1 atom stereocenters. The number of non-ortho nitro benzene ring substituents is 1. The minimum absolute atomic E-state index is 0.0281. The number of hydrogen-bond acceptors (Lipinski definition) is 9. The first kappa shape index (κ1) is 25.6. The molecule has 0 saturated carbocycles. The van der Waals surface area contributed by atoms with Gasteiger partial charge in [-0.25, -0.2) is 19.9 Å². The van der Waals surface area contributed by atoms with Crippen LogP contribution in [-0.4, -0.2) is 34.4 Å². The first-order valence-electron chi connectivity index (χ1n) is 12.9. The van der Waals surface area contributed by atoms with Crippen LogP contribution in [0.5, 0.6) is 0 Å². The second-order valence-electron chi connectivity index (χ2n) is 9.59. The monoisotopic (exact) mass is 543 g/mol. The van der Waals surface area contributed by atoms with Gasteiger partial charge >= 0.3 is 0 Å². The molecule has 3 N–H and O–H groups in total. The van der Waals surface area contributed by atoms with Crippen LogP contribution in [0.1, 0.15) is 24.1 Å². The van der Waals surface area contributed by atoms with Crippen molar-refractivity contribution in [1.82, 2.24) is 29.5 Å². The van der Waals surface area contributed by atoms with Crippen molar-refractivity contribution in [3.05, 3.63) is 113 Å². The van der Waals surface area contributed by atoms with Crippen molar-refractivity contribution in [2.24, 2.45) is 0 Å². The topological polar surface area (TPSA) is 151 Å². The lowest BCUT2D eigenvalue weighted by atomic mass is 10.1. The molecule has 3 aromatic carbocycles. The maximum atomic E-state index is 11.3. The standard InChI is InChI=1S/C30H25N9O2/c1-18-6-3-4-9-23(18)25-16-28(37-30(36-25)34-19(2)20-7-5-8-22(14-20)39(40)41)38-17-33-26-15-21(10-11-27(26)38)24-12-13-32-29(31)35-24/h3-17,19H,1-2H3,(H2,31,32,35)(H,34,36,37)/t19-/m0/s1. The number of aryl methyl sites for hydroxylation is 1. The van der Waals surface area contributed by atoms with Crippen molar-refractivity contribution in [1.29, 1.82) is 0 Å². The van der Waals surface area contributed by atoms with E-state index in [-0.39, 0.29) is 17.7 Å². The molecule has 0 saturated heterocycles. The number of anilines is 2. The maximum absolute atomic E-state index is 11.3. The number of nitrogens with one attached hydrogen (secondary N) is 1. The van der Waals surface area contributed by atoms with E-state index in [2.05, 4.69) is 20.3 Å². The second kappa shape index (κ2) is 10.5. The van der Waals surface area contributed by atoms with Gasteiger partial charge in [0.2, 0.25) is 11.9 Å². The van der Waals surface area contributed by atoms with Gasteiger partial charge in [-0.05, 0) is 43.2 Å². The first-order chi connectivity index (χ1) is 19.9. The van der Waals surface area contributed by atoms with Gasteiger partial charge in [0.25, 0.3) is 5.69 Å². The number of nitro benzene ring substituents is 1. The Balaban J connectivity index is 1.42. The van der Waals surface area contributed by atoms with Crippen LogP contribution >= 0.6 is 0 Å². The molecule has 3 heterocycles. The lowest BCUT2D eigenvalue weighted by Gasteiger charge is -2.17. The Morgan fingerprint density at radius 3 is 2.59 bits per heavy atom. The molecular formula is C30H25N9O2. The number of fused-ring (bicyclic) bond motifs is 1. The minimum atomic E-state index is -0.404. The van der Waals surface area contributed by atoms with E-state index in [9.17, 15) is 10.1 Å². The Kier molecular flexibility index (Phi) is 6.52. The van der Waals surface area contributed by atoms with E-state index < -0.39 is 4.92 Å². The van der Waals surface area contributed by atoms with E-state index in [4.69, 9.17) is 15.7 Å². The molecule has 41 heavy (non-hydrogen) atoms. The number of aromatic nitrogens is 6. The number of rotatable bonds is 7. The molecule has 0 amide bonds. The lowest BCUT2D eigenvalue weighted by Crippen LogP contribution is -2.12. The Morgan fingerprint density at radius 2 is 1.78 bits per heavy atom. The Bertz CT molecular complexity index is 1920. The van der Waals surface area contributed by atoms with E-state index in [1.807, 2.05) is 73.0 Å². The Morgan fingerprint density at radius 1 is 0.927 bits per heavy atom. The third-order valence-electron chi connectivity index (χ3n) is 6.82. The summed E-state index contributed by atoms with van der Waals surface area (Å²) < 4.78 is 1.90. The van der Waals surface area contributed by atoms with Gasteiger partial charge in [-0.2, -0.15) is 4.98 Å². The fourth-order valence-corrected chi connectivity index (χ4v) is 4.69. The summed E-state index contributed by atoms with van der Waals surface area (Å²) in [4.78, 5) is 33.5. The summed E-state index contributed by atoms with van der Waals surface area (Å²) in [6.45, 7) is 3.94. The quantitative estimate of drug-likeness (QED) is 0.185. The number of nitro groups is 1. The highest BCUT2D eigenvalue weighted by Gasteiger charge is 2.16. The van der Waals surface area contributed by atoms with E-state index in [0.29, 0.717) is 17.5 Å². The van der Waals surface area contributed by atoms with Crippen molar-refractivity contribution in [3.63, 3.8) is 0 Å². The van der Waals surface area contributed by atoms with Crippen LogP contribution in [-0.2, 0) is 0 Å². The summed E-state index contributed by atoms with van der Waals surface area (Å²) in [6, 6.07) is 23.8. The van der Waals surface area contributed by atoms with Crippen molar-refractivity contribution >= 4 is 28.6 Å². The molecule has 0 fully saturated rings. The average Bonchev–Trinajstić information content (AvgIpc) is 3.41. The van der Waals surface area contributed by atoms with E-state index in [1.165, 1.54) is 6.07 Å². The average molecular weight is 544 g/mol. The predicted octanol–water partition coefficient (Wildman–Crippen LogP) is 5.91. The third-order valence-corrected chi connectivity index (χ3v) is 6.82. The highest BCUT2D eigenvalue weighted by atomic mass is 16.6. The molecule has 202 valence electrons. The zero-order valence-corrected chi connectivity index (χ0v) is 22.3. The van der Waals surface area contributed by atoms with Crippen molar-refractivity contribution in [2.45, 2.75) is 19.9 Å². The number of nitrogens with zero attached hydrogens (tertiary/aromatic N) is 7. The van der Waals surface area contributed by atoms with Crippen molar-refractivity contribution in [3.8, 4) is 28.3 Å². The Labute approximate surface area is 234 Å². The Hall–Kier alpha value is -5.71. The van der Waals surface area contributed by atoms with Gasteiger partial charge in [-0.3, -0.25) is 14.7 Å². The van der Waals surface area contributed by atoms with Crippen molar-refractivity contribution < 1.29 is 4.92 Å². The van der Waals surface area contributed by atoms with E-state index in [0.717, 1.165) is 39.0 Å². The number of nitrogen functional groups attached to an aromatic ring is 1. The molecule has 0 bridgehead atoms. The van der Waals surface area contributed by atoms with E-state index in [1.54, 1.807) is 30.7 Å². The summed E-state index contributed by atoms with van der Waals surface area (Å²) in [5, 5.41) is 14.6. The minimum Gasteiger partial charge on any atom is -0.368 e. The zero-order valence-electron chi connectivity index (χ0n) is 22.3. The number of benzene rings is 3. The molecule has 6 rings (SSSR count). The molecule has 11 nitrogen and oxygen atoms in total. The number of hydrogen-bond donors (Lipinski definition) is 2. The highest BCUT2D eigenvalue weighted by Crippen LogP contribution is 2.29. The largest absolute Gasteiger partial charge is 0.368 e. The van der Waals surface area contributed by atoms with Crippen LogP contribution in [0.25, 0.3) is 39.4 Å². The van der Waals surface area contributed by atoms with Gasteiger partial charge in [0, 0.05) is 35.5 Å². The third kappa shape index (κ3) is 5.15. The normalized spacial score (nSPS) is 11.9. The van der Waals surface area contributed by atoms with Crippen LogP contribution in [0.2, 0.25) is 0 Å². The number of imidazole rings is 1.